The second-order valence-corrected chi connectivity index (χ2v) is 2.95. The molecule has 0 aliphatic carbocycles. The molecule has 0 rings (SSSR count). The van der Waals surface area contributed by atoms with E-state index in [1.165, 1.54) is 13.3 Å². The minimum Gasteiger partial charge on any atom is -0.402 e. The summed E-state index contributed by atoms with van der Waals surface area (Å²) < 4.78 is 0. The molecule has 0 aromatic rings. The molecule has 0 aliphatic rings. The van der Waals surface area contributed by atoms with Crippen LogP contribution in [0.2, 0.25) is 0 Å². The summed E-state index contributed by atoms with van der Waals surface area (Å²) in [5.74, 6) is -0.146. The average Bonchev–Trinajstić information content (AvgIpc) is 2.22. The van der Waals surface area contributed by atoms with Crippen LogP contribution in [-0.2, 0) is 4.79 Å². The Labute approximate surface area is 108 Å². The van der Waals surface area contributed by atoms with E-state index < -0.39 is 0 Å². The number of carbonyl (C=O) groups excluding carboxylic acids is 1. The lowest BCUT2D eigenvalue weighted by Gasteiger charge is -2.01. The van der Waals surface area contributed by atoms with E-state index in [1.807, 2.05) is 27.7 Å². The second-order valence-electron chi connectivity index (χ2n) is 2.95. The quantitative estimate of drug-likeness (QED) is 0.561. The van der Waals surface area contributed by atoms with Crippen molar-refractivity contribution in [3.8, 4) is 0 Å². The van der Waals surface area contributed by atoms with E-state index in [-0.39, 0.29) is 11.5 Å². The summed E-state index contributed by atoms with van der Waals surface area (Å²) in [6.07, 6.45) is 1.25. The third-order valence-electron chi connectivity index (χ3n) is 1.12. The van der Waals surface area contributed by atoms with Crippen molar-refractivity contribution in [3.63, 3.8) is 0 Å². The van der Waals surface area contributed by atoms with Gasteiger partial charge in [0.1, 0.15) is 0 Å². The van der Waals surface area contributed by atoms with Crippen LogP contribution in [0.1, 0.15) is 68.7 Å². The van der Waals surface area contributed by atoms with E-state index in [2.05, 4.69) is 13.8 Å². The molecule has 0 aromatic carbocycles. The van der Waals surface area contributed by atoms with Gasteiger partial charge in [0.25, 0.3) is 0 Å². The van der Waals surface area contributed by atoms with Crippen molar-refractivity contribution in [2.24, 2.45) is 5.73 Å². The third-order valence-corrected chi connectivity index (χ3v) is 1.12. The minimum absolute atomic E-state index is 0.146. The van der Waals surface area contributed by atoms with Crippen molar-refractivity contribution in [2.45, 2.75) is 68.7 Å². The fourth-order valence-corrected chi connectivity index (χ4v) is 0.837. The standard InChI is InChI=1S/C7H12N2O.C3H8.2C2H6/c1-4(8)7(5(2)9)6(3)10;1-3-2;2*1-2/h8H,9H2,1-3H3;3H2,1-2H3;2*1-2H3/b7-5-,8-4?;;;. The van der Waals surface area contributed by atoms with Crippen LogP contribution in [-0.4, -0.2) is 11.5 Å². The molecular formula is C14H32N2O. The molecule has 0 amide bonds. The molecule has 0 heterocycles. The Morgan fingerprint density at radius 3 is 1.24 bits per heavy atom. The Hall–Kier alpha value is -1.12. The number of nitrogens with one attached hydrogen (secondary N) is 1. The lowest BCUT2D eigenvalue weighted by atomic mass is 10.1. The lowest BCUT2D eigenvalue weighted by Crippen LogP contribution is -2.12. The Morgan fingerprint density at radius 1 is 1.00 bits per heavy atom. The first-order valence-electron chi connectivity index (χ1n) is 6.41. The molecular weight excluding hydrogens is 212 g/mol. The number of hydrogen-bond acceptors (Lipinski definition) is 3. The Balaban J connectivity index is -0.000000102. The van der Waals surface area contributed by atoms with Crippen molar-refractivity contribution < 1.29 is 4.79 Å². The van der Waals surface area contributed by atoms with Gasteiger partial charge in [0.15, 0.2) is 5.78 Å². The van der Waals surface area contributed by atoms with Crippen molar-refractivity contribution in [1.82, 2.24) is 0 Å². The monoisotopic (exact) mass is 244 g/mol. The fourth-order valence-electron chi connectivity index (χ4n) is 0.837. The van der Waals surface area contributed by atoms with Gasteiger partial charge in [0.2, 0.25) is 0 Å². The van der Waals surface area contributed by atoms with Crippen LogP contribution in [0.15, 0.2) is 11.3 Å². The highest BCUT2D eigenvalue weighted by atomic mass is 16.1. The molecule has 0 unspecified atom stereocenters. The van der Waals surface area contributed by atoms with Gasteiger partial charge < -0.3 is 11.1 Å². The average molecular weight is 244 g/mol. The van der Waals surface area contributed by atoms with Gasteiger partial charge in [-0.25, -0.2) is 0 Å². The van der Waals surface area contributed by atoms with Gasteiger partial charge in [0.05, 0.1) is 5.57 Å². The van der Waals surface area contributed by atoms with Gasteiger partial charge in [-0.05, 0) is 20.8 Å². The SMILES string of the molecule is CC.CC.CC(=N)/C(C(C)=O)=C(\C)N.CCC. The van der Waals surface area contributed by atoms with Gasteiger partial charge in [-0.1, -0.05) is 48.0 Å². The fraction of sp³-hybridized carbons (Fsp3) is 0.714. The summed E-state index contributed by atoms with van der Waals surface area (Å²) in [5.41, 5.74) is 6.34. The molecule has 0 aromatic heterocycles. The van der Waals surface area contributed by atoms with Crippen molar-refractivity contribution in [1.29, 1.82) is 5.41 Å². The highest BCUT2D eigenvalue weighted by Crippen LogP contribution is 2.01. The summed E-state index contributed by atoms with van der Waals surface area (Å²) in [7, 11) is 0. The van der Waals surface area contributed by atoms with Crippen molar-refractivity contribution in [3.05, 3.63) is 11.3 Å². The van der Waals surface area contributed by atoms with Crippen LogP contribution >= 0.6 is 0 Å². The second kappa shape index (κ2) is 20.3. The van der Waals surface area contributed by atoms with Crippen LogP contribution in [0.5, 0.6) is 0 Å². The number of allylic oxidation sites excluding steroid dienone is 2. The topological polar surface area (TPSA) is 66.9 Å². The van der Waals surface area contributed by atoms with Crippen LogP contribution in [0, 0.1) is 5.41 Å². The number of rotatable bonds is 2. The molecule has 0 atom stereocenters. The maximum Gasteiger partial charge on any atom is 0.163 e. The van der Waals surface area contributed by atoms with Crippen LogP contribution in [0.4, 0.5) is 0 Å². The maximum absolute atomic E-state index is 10.7. The van der Waals surface area contributed by atoms with E-state index in [0.717, 1.165) is 0 Å². The first-order valence-corrected chi connectivity index (χ1v) is 6.41. The van der Waals surface area contributed by atoms with Gasteiger partial charge in [-0.15, -0.1) is 0 Å². The summed E-state index contributed by atoms with van der Waals surface area (Å²) >= 11 is 0. The molecule has 0 spiro atoms. The van der Waals surface area contributed by atoms with Crippen molar-refractivity contribution in [2.75, 3.05) is 0 Å². The molecule has 3 heteroatoms. The predicted octanol–water partition coefficient (Wildman–Crippen LogP) is 4.32. The van der Waals surface area contributed by atoms with E-state index >= 15 is 0 Å². The maximum atomic E-state index is 10.7. The van der Waals surface area contributed by atoms with Crippen LogP contribution in [0.25, 0.3) is 0 Å². The van der Waals surface area contributed by atoms with E-state index in [1.54, 1.807) is 13.8 Å². The zero-order chi connectivity index (χ0) is 15.0. The summed E-state index contributed by atoms with van der Waals surface area (Å²) in [4.78, 5) is 10.7. The molecule has 17 heavy (non-hydrogen) atoms. The normalized spacial score (nSPS) is 9.00. The van der Waals surface area contributed by atoms with E-state index in [4.69, 9.17) is 11.1 Å². The number of Topliss-reactive ketones (excluding diaryl/α,β-unsaturated/α-hetero) is 1. The Bertz CT molecular complexity index is 198. The first kappa shape index (κ1) is 24.9. The zero-order valence-corrected chi connectivity index (χ0v) is 13.2. The number of ketones is 1. The molecule has 0 aliphatic heterocycles. The smallest absolute Gasteiger partial charge is 0.163 e. The summed E-state index contributed by atoms with van der Waals surface area (Å²) in [6, 6.07) is 0. The number of nitrogens with two attached hydrogens (primary N) is 1. The molecule has 0 bridgehead atoms. The lowest BCUT2D eigenvalue weighted by molar-refractivity contribution is -0.113. The first-order chi connectivity index (χ1) is 7.88. The van der Waals surface area contributed by atoms with Gasteiger partial charge >= 0.3 is 0 Å². The van der Waals surface area contributed by atoms with Crippen molar-refractivity contribution >= 4 is 11.5 Å². The highest BCUT2D eigenvalue weighted by molar-refractivity contribution is 6.20. The largest absolute Gasteiger partial charge is 0.402 e. The van der Waals surface area contributed by atoms with E-state index in [9.17, 15) is 4.79 Å². The summed E-state index contributed by atoms with van der Waals surface area (Å²) in [6.45, 7) is 16.8. The Kier molecular flexibility index (Phi) is 29.8. The third kappa shape index (κ3) is 20.9. The predicted molar refractivity (Wildman–Crippen MR) is 79.6 cm³/mol. The zero-order valence-electron chi connectivity index (χ0n) is 13.2. The van der Waals surface area contributed by atoms with Crippen LogP contribution in [0.3, 0.4) is 0 Å². The van der Waals surface area contributed by atoms with E-state index in [0.29, 0.717) is 11.3 Å². The Morgan fingerprint density at radius 2 is 1.24 bits per heavy atom. The highest BCUT2D eigenvalue weighted by Gasteiger charge is 2.07. The number of hydrogen-bond donors (Lipinski definition) is 2. The van der Waals surface area contributed by atoms with Gasteiger partial charge in [-0.3, -0.25) is 4.79 Å². The molecule has 0 radical (unpaired) electrons. The molecule has 3 N–H and O–H groups in total. The molecule has 0 saturated carbocycles. The van der Waals surface area contributed by atoms with Gasteiger partial charge in [0, 0.05) is 11.4 Å². The van der Waals surface area contributed by atoms with Gasteiger partial charge in [-0.2, -0.15) is 0 Å². The summed E-state index contributed by atoms with van der Waals surface area (Å²) in [5, 5.41) is 7.15. The molecule has 0 fully saturated rings. The minimum atomic E-state index is -0.146. The molecule has 104 valence electrons. The molecule has 0 saturated heterocycles. The van der Waals surface area contributed by atoms with Crippen LogP contribution < -0.4 is 5.73 Å². The molecule has 3 nitrogen and oxygen atoms in total. The number of carbonyl (C=O) groups is 1.